The fourth-order valence-corrected chi connectivity index (χ4v) is 4.65. The van der Waals surface area contributed by atoms with Gasteiger partial charge < -0.3 is 19.5 Å². The molecule has 2 aromatic heterocycles. The maximum absolute atomic E-state index is 13.5. The van der Waals surface area contributed by atoms with Crippen molar-refractivity contribution >= 4 is 11.8 Å². The van der Waals surface area contributed by atoms with Gasteiger partial charge in [-0.15, -0.1) is 0 Å². The molecule has 4 rings (SSSR count). The minimum absolute atomic E-state index is 0.0904. The Balaban J connectivity index is 1.65. The van der Waals surface area contributed by atoms with Crippen molar-refractivity contribution in [3.63, 3.8) is 0 Å². The first-order valence-electron chi connectivity index (χ1n) is 11.2. The number of hydrogen-bond acceptors (Lipinski definition) is 4. The summed E-state index contributed by atoms with van der Waals surface area (Å²) >= 11 is 0. The Morgan fingerprint density at radius 3 is 2.79 bits per heavy atom. The SMILES string of the molecule is CC[C@@H](NC(=O)c1cc(C(=O)N2CCC[C@@H]2C)n2c1COCC2)c1cccnc1C(F)(F)F. The van der Waals surface area contributed by atoms with Gasteiger partial charge in [0.2, 0.25) is 0 Å². The lowest BCUT2D eigenvalue weighted by Gasteiger charge is -2.24. The molecule has 0 saturated carbocycles. The first-order valence-corrected chi connectivity index (χ1v) is 11.2. The molecule has 4 heterocycles. The van der Waals surface area contributed by atoms with E-state index in [9.17, 15) is 22.8 Å². The highest BCUT2D eigenvalue weighted by Gasteiger charge is 2.37. The summed E-state index contributed by atoms with van der Waals surface area (Å²) in [6, 6.07) is 3.53. The van der Waals surface area contributed by atoms with Crippen LogP contribution in [0.1, 0.15) is 76.9 Å². The smallest absolute Gasteiger partial charge is 0.373 e. The molecule has 0 radical (unpaired) electrons. The van der Waals surface area contributed by atoms with Gasteiger partial charge in [-0.2, -0.15) is 13.2 Å². The fourth-order valence-electron chi connectivity index (χ4n) is 4.65. The average Bonchev–Trinajstić information content (AvgIpc) is 3.40. The van der Waals surface area contributed by atoms with E-state index < -0.39 is 23.8 Å². The maximum atomic E-state index is 13.5. The summed E-state index contributed by atoms with van der Waals surface area (Å²) in [5.74, 6) is -0.678. The molecular weight excluding hydrogens is 437 g/mol. The number of nitrogens with zero attached hydrogens (tertiary/aromatic N) is 3. The Kier molecular flexibility index (Phi) is 6.47. The topological polar surface area (TPSA) is 76.5 Å². The van der Waals surface area contributed by atoms with Crippen molar-refractivity contribution in [2.24, 2.45) is 0 Å². The zero-order valence-corrected chi connectivity index (χ0v) is 18.6. The highest BCUT2D eigenvalue weighted by atomic mass is 19.4. The van der Waals surface area contributed by atoms with Gasteiger partial charge in [-0.3, -0.25) is 14.6 Å². The van der Waals surface area contributed by atoms with Crippen LogP contribution in [-0.2, 0) is 24.1 Å². The van der Waals surface area contributed by atoms with Gasteiger partial charge in [0, 0.05) is 30.9 Å². The van der Waals surface area contributed by atoms with Gasteiger partial charge in [0.15, 0.2) is 0 Å². The molecule has 7 nitrogen and oxygen atoms in total. The number of likely N-dealkylation sites (tertiary alicyclic amines) is 1. The zero-order valence-electron chi connectivity index (χ0n) is 18.6. The second kappa shape index (κ2) is 9.17. The predicted octanol–water partition coefficient (Wildman–Crippen LogP) is 3.94. The van der Waals surface area contributed by atoms with Crippen molar-refractivity contribution in [1.29, 1.82) is 0 Å². The molecule has 2 atom stereocenters. The first-order chi connectivity index (χ1) is 15.7. The normalized spacial score (nSPS) is 19.3. The van der Waals surface area contributed by atoms with Crippen molar-refractivity contribution in [3.05, 3.63) is 52.6 Å². The van der Waals surface area contributed by atoms with Crippen LogP contribution in [0.15, 0.2) is 24.4 Å². The lowest BCUT2D eigenvalue weighted by atomic mass is 10.0. The largest absolute Gasteiger partial charge is 0.433 e. The molecular formula is C23H27F3N4O3. The van der Waals surface area contributed by atoms with Crippen molar-refractivity contribution < 1.29 is 27.5 Å². The Bertz CT molecular complexity index is 1050. The van der Waals surface area contributed by atoms with Crippen LogP contribution >= 0.6 is 0 Å². The molecule has 0 unspecified atom stereocenters. The van der Waals surface area contributed by atoms with Crippen LogP contribution in [-0.4, -0.2) is 45.5 Å². The molecule has 1 fully saturated rings. The number of nitrogens with one attached hydrogen (secondary N) is 1. The number of aromatic nitrogens is 2. The zero-order chi connectivity index (χ0) is 23.8. The van der Waals surface area contributed by atoms with Crippen LogP contribution in [0.2, 0.25) is 0 Å². The molecule has 1 saturated heterocycles. The lowest BCUT2D eigenvalue weighted by Crippen LogP contribution is -2.35. The monoisotopic (exact) mass is 464 g/mol. The quantitative estimate of drug-likeness (QED) is 0.727. The number of rotatable bonds is 5. The van der Waals surface area contributed by atoms with Crippen LogP contribution in [0.3, 0.4) is 0 Å². The molecule has 0 spiro atoms. The molecule has 2 aromatic rings. The third kappa shape index (κ3) is 4.48. The van der Waals surface area contributed by atoms with Crippen molar-refractivity contribution in [2.45, 2.75) is 64.5 Å². The molecule has 0 bridgehead atoms. The van der Waals surface area contributed by atoms with E-state index in [1.165, 1.54) is 12.1 Å². The van der Waals surface area contributed by atoms with E-state index >= 15 is 0 Å². The number of halogens is 3. The van der Waals surface area contributed by atoms with Crippen molar-refractivity contribution in [3.8, 4) is 0 Å². The van der Waals surface area contributed by atoms with Gasteiger partial charge in [0.05, 0.1) is 30.5 Å². The Morgan fingerprint density at radius 1 is 1.33 bits per heavy atom. The highest BCUT2D eigenvalue weighted by molar-refractivity contribution is 6.01. The molecule has 33 heavy (non-hydrogen) atoms. The predicted molar refractivity (Wildman–Crippen MR) is 114 cm³/mol. The van der Waals surface area contributed by atoms with Gasteiger partial charge >= 0.3 is 6.18 Å². The highest BCUT2D eigenvalue weighted by Crippen LogP contribution is 2.34. The molecule has 0 aromatic carbocycles. The maximum Gasteiger partial charge on any atom is 0.433 e. The summed E-state index contributed by atoms with van der Waals surface area (Å²) in [6.07, 6.45) is -1.45. The molecule has 2 aliphatic rings. The number of amides is 2. The first kappa shape index (κ1) is 23.3. The molecule has 2 amide bonds. The molecule has 0 aliphatic carbocycles. The average molecular weight is 464 g/mol. The summed E-state index contributed by atoms with van der Waals surface area (Å²) in [4.78, 5) is 31.8. The molecule has 10 heteroatoms. The second-order valence-corrected chi connectivity index (χ2v) is 8.46. The van der Waals surface area contributed by atoms with Gasteiger partial charge in [-0.05, 0) is 38.3 Å². The number of carbonyl (C=O) groups excluding carboxylic acids is 2. The number of fused-ring (bicyclic) bond motifs is 1. The summed E-state index contributed by atoms with van der Waals surface area (Å²) in [5, 5.41) is 2.72. The van der Waals surface area contributed by atoms with Gasteiger partial charge in [0.25, 0.3) is 11.8 Å². The number of hydrogen-bond donors (Lipinski definition) is 1. The summed E-state index contributed by atoms with van der Waals surface area (Å²) in [6.45, 7) is 5.37. The number of carbonyl (C=O) groups is 2. The summed E-state index contributed by atoms with van der Waals surface area (Å²) in [5.41, 5.74) is 0.120. The fraction of sp³-hybridized carbons (Fsp3) is 0.522. The van der Waals surface area contributed by atoms with E-state index in [-0.39, 0.29) is 36.1 Å². The van der Waals surface area contributed by atoms with E-state index in [0.717, 1.165) is 19.0 Å². The Labute approximate surface area is 189 Å². The molecule has 2 aliphatic heterocycles. The number of alkyl halides is 3. The standard InChI is InChI=1S/C23H27F3N4O3/c1-3-17(15-7-4-8-27-20(15)23(24,25)26)28-21(31)16-12-18(30-10-11-33-13-19(16)30)22(32)29-9-5-6-14(29)2/h4,7-8,12,14,17H,3,5-6,9-11,13H2,1-2H3,(H,28,31)/t14-,17+/m0/s1. The van der Waals surface area contributed by atoms with Crippen molar-refractivity contribution in [2.75, 3.05) is 13.2 Å². The van der Waals surface area contributed by atoms with Crippen LogP contribution in [0.25, 0.3) is 0 Å². The van der Waals surface area contributed by atoms with Gasteiger partial charge in [0.1, 0.15) is 11.4 Å². The van der Waals surface area contributed by atoms with Crippen LogP contribution in [0, 0.1) is 0 Å². The second-order valence-electron chi connectivity index (χ2n) is 8.46. The van der Waals surface area contributed by atoms with E-state index in [0.29, 0.717) is 31.1 Å². The van der Waals surface area contributed by atoms with Crippen molar-refractivity contribution in [1.82, 2.24) is 19.8 Å². The van der Waals surface area contributed by atoms with E-state index in [1.54, 1.807) is 22.5 Å². The third-order valence-electron chi connectivity index (χ3n) is 6.38. The van der Waals surface area contributed by atoms with E-state index in [2.05, 4.69) is 10.3 Å². The minimum atomic E-state index is -4.64. The van der Waals surface area contributed by atoms with Gasteiger partial charge in [-0.1, -0.05) is 13.0 Å². The van der Waals surface area contributed by atoms with E-state index in [4.69, 9.17) is 4.74 Å². The summed E-state index contributed by atoms with van der Waals surface area (Å²) in [7, 11) is 0. The Hall–Kier alpha value is -2.88. The van der Waals surface area contributed by atoms with Gasteiger partial charge in [-0.25, -0.2) is 0 Å². The third-order valence-corrected chi connectivity index (χ3v) is 6.38. The summed E-state index contributed by atoms with van der Waals surface area (Å²) < 4.78 is 47.7. The molecule has 178 valence electrons. The van der Waals surface area contributed by atoms with Crippen LogP contribution in [0.4, 0.5) is 13.2 Å². The minimum Gasteiger partial charge on any atom is -0.373 e. The van der Waals surface area contributed by atoms with Crippen LogP contribution in [0.5, 0.6) is 0 Å². The lowest BCUT2D eigenvalue weighted by molar-refractivity contribution is -0.142. The Morgan fingerprint density at radius 2 is 2.12 bits per heavy atom. The van der Waals surface area contributed by atoms with E-state index in [1.807, 2.05) is 6.92 Å². The molecule has 1 N–H and O–H groups in total. The number of ether oxygens (including phenoxy) is 1. The number of pyridine rings is 1. The van der Waals surface area contributed by atoms with Crippen LogP contribution < -0.4 is 5.32 Å².